The monoisotopic (exact) mass is 1180 g/mol. The van der Waals surface area contributed by atoms with E-state index in [1.807, 2.05) is 129 Å². The molecule has 1 aliphatic heterocycles. The summed E-state index contributed by atoms with van der Waals surface area (Å²) in [6.07, 6.45) is 11.0. The molecule has 7 nitrogen and oxygen atoms in total. The molecule has 1 aromatic rings. The molecule has 1 aromatic carbocycles. The van der Waals surface area contributed by atoms with E-state index in [0.29, 0.717) is 33.1 Å². The first-order chi connectivity index (χ1) is 31.7. The average Bonchev–Trinajstić information content (AvgIpc) is 4.07. The Morgan fingerprint density at radius 3 is 1.06 bits per heavy atom. The minimum Gasteiger partial charge on any atom is -0.541 e. The number of esters is 1. The minimum atomic E-state index is -0.375. The second kappa shape index (κ2) is 47.7. The predicted molar refractivity (Wildman–Crippen MR) is 345 cm³/mol. The maximum Gasteiger partial charge on any atom is 0.330 e. The van der Waals surface area contributed by atoms with Crippen molar-refractivity contribution in [1.29, 1.82) is 0 Å². The van der Waals surface area contributed by atoms with E-state index in [4.69, 9.17) is 16.3 Å². The van der Waals surface area contributed by atoms with Gasteiger partial charge in [0.15, 0.2) is 17.3 Å². The van der Waals surface area contributed by atoms with Crippen LogP contribution in [0.1, 0.15) is 228 Å². The average molecular weight is 1180 g/mol. The van der Waals surface area contributed by atoms with Gasteiger partial charge in [-0.25, -0.2) is 4.79 Å². The van der Waals surface area contributed by atoms with Crippen LogP contribution in [0.25, 0.3) is 6.08 Å². The number of hydrogen-bond acceptors (Lipinski definition) is 7. The van der Waals surface area contributed by atoms with E-state index in [2.05, 4.69) is 138 Å². The molecule has 0 N–H and O–H groups in total. The molecule has 1 fully saturated rings. The van der Waals surface area contributed by atoms with Crippen molar-refractivity contribution in [2.75, 3.05) is 13.2 Å². The Morgan fingerprint density at radius 2 is 0.987 bits per heavy atom. The van der Waals surface area contributed by atoms with Crippen LogP contribution in [0.3, 0.4) is 0 Å². The summed E-state index contributed by atoms with van der Waals surface area (Å²) in [5.74, 6) is 0.0463. The van der Waals surface area contributed by atoms with E-state index >= 15 is 0 Å². The van der Waals surface area contributed by atoms with Crippen LogP contribution in [-0.4, -0.2) is 48.9 Å². The molecular weight excluding hydrogens is 1050 g/mol. The minimum absolute atomic E-state index is 0. The number of halogens is 1. The number of allylic oxidation sites excluding steroid dienone is 6. The summed E-state index contributed by atoms with van der Waals surface area (Å²) in [6, 6.07) is 8.54. The van der Waals surface area contributed by atoms with E-state index in [1.165, 1.54) is 17.2 Å². The third-order valence-corrected chi connectivity index (χ3v) is 9.24. The molecule has 0 aliphatic carbocycles. The van der Waals surface area contributed by atoms with Crippen molar-refractivity contribution < 1.29 is 66.2 Å². The fourth-order valence-electron chi connectivity index (χ4n) is 3.23. The molecule has 0 spiro atoms. The Morgan fingerprint density at radius 1 is 0.662 bits per heavy atom. The van der Waals surface area contributed by atoms with E-state index in [1.54, 1.807) is 26.0 Å². The topological polar surface area (TPSA) is 107 Å². The molecule has 77 heavy (non-hydrogen) atoms. The Hall–Kier alpha value is -3.10. The number of hydrogen-bond donors (Lipinski definition) is 0. The van der Waals surface area contributed by atoms with Gasteiger partial charge in [0.05, 0.1) is 12.7 Å². The van der Waals surface area contributed by atoms with E-state index < -0.39 is 0 Å². The van der Waals surface area contributed by atoms with Gasteiger partial charge in [0, 0.05) is 59.6 Å². The number of carbonyl (C=O) groups excluding carboxylic acids is 5. The number of carbonyl (C=O) groups is 4. The van der Waals surface area contributed by atoms with Crippen LogP contribution in [0.2, 0.25) is 0 Å². The molecule has 1 radical (unpaired) electrons. The Bertz CT molecular complexity index is 1800. The zero-order chi connectivity index (χ0) is 59.7. The summed E-state index contributed by atoms with van der Waals surface area (Å²) in [5, 5.41) is 0.715. The maximum absolute atomic E-state index is 11.1. The third-order valence-electron chi connectivity index (χ3n) is 8.68. The largest absolute Gasteiger partial charge is 0.541 e. The summed E-state index contributed by atoms with van der Waals surface area (Å²) in [6.45, 7) is 79.1. The predicted octanol–water partition coefficient (Wildman–Crippen LogP) is 20.8. The van der Waals surface area contributed by atoms with Gasteiger partial charge in [-0.2, -0.15) is 0 Å². The molecule has 0 aromatic heterocycles. The third kappa shape index (κ3) is 75.0. The molecule has 0 saturated carbocycles. The van der Waals surface area contributed by atoms with Crippen LogP contribution in [0, 0.1) is 44.8 Å². The number of epoxide rings is 1. The molecule has 1 unspecified atom stereocenters. The summed E-state index contributed by atoms with van der Waals surface area (Å²) in [7, 11) is 0. The van der Waals surface area contributed by atoms with Gasteiger partial charge in [0.25, 0.3) is 0 Å². The van der Waals surface area contributed by atoms with Gasteiger partial charge in [0.1, 0.15) is 0 Å². The number of benzene rings is 1. The van der Waals surface area contributed by atoms with Crippen LogP contribution in [-0.2, 0) is 71.6 Å². The van der Waals surface area contributed by atoms with Gasteiger partial charge in [-0.3, -0.25) is 20.7 Å². The van der Waals surface area contributed by atoms with Crippen LogP contribution < -0.4 is 0 Å². The van der Waals surface area contributed by atoms with Gasteiger partial charge in [-0.05, 0) is 77.9 Å². The first kappa shape index (κ1) is 103. The molecule has 1 atom stereocenters. The second-order valence-corrected chi connectivity index (χ2v) is 26.0. The Labute approximate surface area is 511 Å². The van der Waals surface area contributed by atoms with Crippen LogP contribution in [0.5, 0.6) is 0 Å². The quantitative estimate of drug-likeness (QED) is 0.0918. The number of rotatable bonds is 6. The molecule has 1 heterocycles. The first-order valence-electron chi connectivity index (χ1n) is 24.6. The first-order valence-corrected chi connectivity index (χ1v) is 25.0. The van der Waals surface area contributed by atoms with Crippen LogP contribution in [0.15, 0.2) is 104 Å². The molecular formula is C68H125ClO7Y-2. The van der Waals surface area contributed by atoms with Crippen molar-refractivity contribution in [3.8, 4) is 0 Å². The van der Waals surface area contributed by atoms with Crippen molar-refractivity contribution in [3.63, 3.8) is 0 Å². The normalized spacial score (nSPS) is 12.0. The zero-order valence-electron chi connectivity index (χ0n) is 52.0. The molecule has 9 heteroatoms. The summed E-state index contributed by atoms with van der Waals surface area (Å²) in [4.78, 5) is 52.8. The van der Waals surface area contributed by atoms with Gasteiger partial charge < -0.3 is 21.2 Å². The SMILES string of the molecule is C.C.C.C.C/C=C/C(=O)C(C)(C)C.C=C(C)C(=O)C(C)(C)C.C=C(C)C(=O)OC[CH2-].C=C(Cl)C(C)(C)C.C=CC(=O)C(C)(C)C.C=CC(C)(C)C.C=Cc1ccc(C(C)(C)C)cc1.CC(C)(C)C1CO1.CC(C)(C)[C-]=O.[Y]. The van der Waals surface area contributed by atoms with E-state index in [0.717, 1.165) is 6.61 Å². The fraction of sp³-hybridized carbons (Fsp3) is 0.618. The van der Waals surface area contributed by atoms with Gasteiger partial charge >= 0.3 is 5.97 Å². The summed E-state index contributed by atoms with van der Waals surface area (Å²) < 4.78 is 9.53. The molecule has 0 bridgehead atoms. The fourth-order valence-corrected chi connectivity index (χ4v) is 3.23. The van der Waals surface area contributed by atoms with Crippen molar-refractivity contribution in [3.05, 3.63) is 122 Å². The summed E-state index contributed by atoms with van der Waals surface area (Å²) in [5.41, 5.74) is 3.63. The maximum atomic E-state index is 11.1. The van der Waals surface area contributed by atoms with E-state index in [-0.39, 0.29) is 125 Å². The van der Waals surface area contributed by atoms with Crippen molar-refractivity contribution in [2.24, 2.45) is 37.9 Å². The second-order valence-electron chi connectivity index (χ2n) is 25.5. The number of ether oxygens (including phenoxy) is 2. The molecule has 1 aliphatic rings. The molecule has 451 valence electrons. The molecule has 2 rings (SSSR count). The summed E-state index contributed by atoms with van der Waals surface area (Å²) >= 11 is 5.56. The van der Waals surface area contributed by atoms with Crippen molar-refractivity contribution >= 4 is 47.3 Å². The Kier molecular flexibility index (Phi) is 63.5. The van der Waals surface area contributed by atoms with Gasteiger partial charge in [0.2, 0.25) is 0 Å². The van der Waals surface area contributed by atoms with Gasteiger partial charge in [-0.15, -0.1) is 12.0 Å². The van der Waals surface area contributed by atoms with Crippen molar-refractivity contribution in [2.45, 2.75) is 228 Å². The van der Waals surface area contributed by atoms with Crippen molar-refractivity contribution in [1.82, 2.24) is 0 Å². The zero-order valence-corrected chi connectivity index (χ0v) is 55.5. The smallest absolute Gasteiger partial charge is 0.330 e. The molecule has 0 amide bonds. The Balaban J connectivity index is -0.0000000617. The van der Waals surface area contributed by atoms with Gasteiger partial charge in [-0.1, -0.05) is 283 Å². The van der Waals surface area contributed by atoms with Crippen LogP contribution in [0.4, 0.5) is 0 Å². The number of ketones is 3. The molecule has 1 saturated heterocycles. The van der Waals surface area contributed by atoms with E-state index in [9.17, 15) is 24.0 Å². The van der Waals surface area contributed by atoms with Crippen LogP contribution >= 0.6 is 11.6 Å². The standard InChI is InChI=1S/C12H16.2C8H14O.C7H12O.C6H11Cl.C6H9O2.C6H12O.C6H12.C5H9O.4CH4.Y/c1-5-10-6-8-11(9-7-10)12(2,3)4;1-6(2)7(9)8(3,4)5;1-5-6-7(9)8(2,3)4;1-5-6(8)7(2,3)4;1-5(7)6(2,3)4;1-4-8-6(7)5(2)3;1-6(2,3)5-4-7-5;1-5-6(2,3)4;1-5(2,3)4-6;;;;;/h5-9H,1H2,2-4H3;1H2,2-5H3;5-6H,1-4H3;5H,1H2,2-4H3;1H2,2-4H3;1-2,4H2,3H3;5H,4H2,1-3H3;5H,1H2,2-4H3;1-3H3;4*1H4;/q;;;;;-1;;;-1;;;;;/b;;6-5+;;;;;;;;;;;. The number of Topliss-reactive ketones (excluding diaryl/α,β-unsaturated/α-hetero) is 1.